The lowest BCUT2D eigenvalue weighted by molar-refractivity contribution is -0.122. The van der Waals surface area contributed by atoms with Gasteiger partial charge in [0.2, 0.25) is 5.91 Å². The molecule has 0 aliphatic carbocycles. The Bertz CT molecular complexity index is 384. The zero-order valence-corrected chi connectivity index (χ0v) is 13.7. The summed E-state index contributed by atoms with van der Waals surface area (Å²) in [7, 11) is 0. The van der Waals surface area contributed by atoms with Crippen molar-refractivity contribution in [1.82, 2.24) is 10.6 Å². The molecular weight excluding hydrogens is 312 g/mol. The van der Waals surface area contributed by atoms with Crippen LogP contribution in [0, 0.1) is 12.8 Å². The number of carbonyl (C=O) groups excluding carboxylic acids is 1. The molecule has 0 aliphatic heterocycles. The van der Waals surface area contributed by atoms with Crippen molar-refractivity contribution in [3.8, 4) is 0 Å². The monoisotopic (exact) mass is 332 g/mol. The molecule has 5 heteroatoms. The van der Waals surface area contributed by atoms with Gasteiger partial charge >= 0.3 is 0 Å². The molecule has 3 nitrogen and oxygen atoms in total. The maximum absolute atomic E-state index is 11.8. The molecule has 18 heavy (non-hydrogen) atoms. The number of hydrogen-bond donors (Lipinski definition) is 2. The Morgan fingerprint density at radius 2 is 2.11 bits per heavy atom. The lowest BCUT2D eigenvalue weighted by Gasteiger charge is -2.14. The summed E-state index contributed by atoms with van der Waals surface area (Å²) in [5.41, 5.74) is 0. The van der Waals surface area contributed by atoms with E-state index in [-0.39, 0.29) is 11.9 Å². The first-order chi connectivity index (χ1) is 8.40. The number of carbonyl (C=O) groups is 1. The number of amides is 1. The average molecular weight is 333 g/mol. The van der Waals surface area contributed by atoms with Crippen LogP contribution in [0.1, 0.15) is 30.5 Å². The molecule has 1 heterocycles. The molecule has 1 amide bonds. The highest BCUT2D eigenvalue weighted by Crippen LogP contribution is 2.26. The Kier molecular flexibility index (Phi) is 6.32. The zero-order valence-electron chi connectivity index (χ0n) is 11.3. The molecular formula is C13H21BrN2OS. The summed E-state index contributed by atoms with van der Waals surface area (Å²) in [6, 6.07) is 1.94. The van der Waals surface area contributed by atoms with Crippen molar-refractivity contribution in [3.05, 3.63) is 20.3 Å². The summed E-state index contributed by atoms with van der Waals surface area (Å²) in [6.45, 7) is 9.61. The highest BCUT2D eigenvalue weighted by molar-refractivity contribution is 9.10. The second kappa shape index (κ2) is 7.26. The molecule has 1 aromatic rings. The standard InChI is InChI=1S/C13H21BrN2OS/c1-8(2)6-16-13(17)9(3)15-7-11-5-12(14)10(4)18-11/h5,8-9,15H,6-7H2,1-4H3,(H,16,17). The van der Waals surface area contributed by atoms with Crippen molar-refractivity contribution in [3.63, 3.8) is 0 Å². The predicted molar refractivity (Wildman–Crippen MR) is 80.9 cm³/mol. The van der Waals surface area contributed by atoms with Gasteiger partial charge in [-0.25, -0.2) is 0 Å². The molecule has 0 bridgehead atoms. The Hall–Kier alpha value is -0.390. The molecule has 0 spiro atoms. The molecule has 0 aromatic carbocycles. The molecule has 1 atom stereocenters. The van der Waals surface area contributed by atoms with E-state index in [0.29, 0.717) is 5.92 Å². The molecule has 0 fully saturated rings. The van der Waals surface area contributed by atoms with Crippen LogP contribution in [-0.4, -0.2) is 18.5 Å². The normalized spacial score (nSPS) is 12.8. The van der Waals surface area contributed by atoms with Gasteiger partial charge in [0.1, 0.15) is 0 Å². The van der Waals surface area contributed by atoms with Crippen LogP contribution in [0.25, 0.3) is 0 Å². The second-order valence-corrected chi connectivity index (χ2v) is 7.05. The van der Waals surface area contributed by atoms with Gasteiger partial charge in [0, 0.05) is 27.3 Å². The van der Waals surface area contributed by atoms with Crippen molar-refractivity contribution >= 4 is 33.2 Å². The number of nitrogens with one attached hydrogen (secondary N) is 2. The minimum absolute atomic E-state index is 0.0658. The van der Waals surface area contributed by atoms with E-state index < -0.39 is 0 Å². The molecule has 0 radical (unpaired) electrons. The van der Waals surface area contributed by atoms with Crippen molar-refractivity contribution in [2.45, 2.75) is 40.3 Å². The number of thiophene rings is 1. The van der Waals surface area contributed by atoms with Gasteiger partial charge in [-0.1, -0.05) is 13.8 Å². The zero-order chi connectivity index (χ0) is 13.7. The van der Waals surface area contributed by atoms with E-state index in [9.17, 15) is 4.79 Å². The van der Waals surface area contributed by atoms with Crippen LogP contribution in [-0.2, 0) is 11.3 Å². The summed E-state index contributed by atoms with van der Waals surface area (Å²) >= 11 is 5.24. The van der Waals surface area contributed by atoms with E-state index in [2.05, 4.69) is 53.4 Å². The third-order valence-corrected chi connectivity index (χ3v) is 4.71. The quantitative estimate of drug-likeness (QED) is 0.840. The Morgan fingerprint density at radius 3 is 2.61 bits per heavy atom. The summed E-state index contributed by atoms with van der Waals surface area (Å²) in [5.74, 6) is 0.549. The highest BCUT2D eigenvalue weighted by atomic mass is 79.9. The summed E-state index contributed by atoms with van der Waals surface area (Å²) < 4.78 is 1.14. The van der Waals surface area contributed by atoms with E-state index in [1.807, 2.05) is 6.92 Å². The fourth-order valence-corrected chi connectivity index (χ4v) is 2.96. The second-order valence-electron chi connectivity index (χ2n) is 4.86. The number of rotatable bonds is 6. The molecule has 0 aliphatic rings. The van der Waals surface area contributed by atoms with Gasteiger partial charge < -0.3 is 10.6 Å². The summed E-state index contributed by atoms with van der Waals surface area (Å²) in [4.78, 5) is 14.3. The van der Waals surface area contributed by atoms with Crippen LogP contribution < -0.4 is 10.6 Å². The van der Waals surface area contributed by atoms with Crippen molar-refractivity contribution in [2.75, 3.05) is 6.54 Å². The van der Waals surface area contributed by atoms with Crippen LogP contribution in [0.3, 0.4) is 0 Å². The topological polar surface area (TPSA) is 41.1 Å². The predicted octanol–water partition coefficient (Wildman–Crippen LogP) is 3.07. The van der Waals surface area contributed by atoms with E-state index in [1.165, 1.54) is 9.75 Å². The fourth-order valence-electron chi connectivity index (χ4n) is 1.41. The van der Waals surface area contributed by atoms with E-state index in [1.54, 1.807) is 11.3 Å². The number of aryl methyl sites for hydroxylation is 1. The maximum Gasteiger partial charge on any atom is 0.236 e. The largest absolute Gasteiger partial charge is 0.354 e. The van der Waals surface area contributed by atoms with Crippen LogP contribution in [0.15, 0.2) is 10.5 Å². The average Bonchev–Trinajstić information content (AvgIpc) is 2.62. The van der Waals surface area contributed by atoms with Gasteiger partial charge in [-0.05, 0) is 41.8 Å². The van der Waals surface area contributed by atoms with Gasteiger partial charge in [0.25, 0.3) is 0 Å². The van der Waals surface area contributed by atoms with Crippen molar-refractivity contribution in [1.29, 1.82) is 0 Å². The summed E-state index contributed by atoms with van der Waals surface area (Å²) in [6.07, 6.45) is 0. The maximum atomic E-state index is 11.8. The molecule has 1 aromatic heterocycles. The fraction of sp³-hybridized carbons (Fsp3) is 0.615. The van der Waals surface area contributed by atoms with Gasteiger partial charge in [-0.3, -0.25) is 4.79 Å². The molecule has 0 saturated carbocycles. The van der Waals surface area contributed by atoms with Crippen LogP contribution >= 0.6 is 27.3 Å². The van der Waals surface area contributed by atoms with Crippen LogP contribution in [0.2, 0.25) is 0 Å². The third-order valence-electron chi connectivity index (χ3n) is 2.57. The van der Waals surface area contributed by atoms with E-state index in [0.717, 1.165) is 17.6 Å². The SMILES string of the molecule is Cc1sc(CNC(C)C(=O)NCC(C)C)cc1Br. The van der Waals surface area contributed by atoms with Crippen LogP contribution in [0.4, 0.5) is 0 Å². The van der Waals surface area contributed by atoms with Gasteiger partial charge in [-0.15, -0.1) is 11.3 Å². The minimum Gasteiger partial charge on any atom is -0.354 e. The molecule has 2 N–H and O–H groups in total. The number of hydrogen-bond acceptors (Lipinski definition) is 3. The first-order valence-corrected chi connectivity index (χ1v) is 7.77. The molecule has 0 saturated heterocycles. The highest BCUT2D eigenvalue weighted by Gasteiger charge is 2.12. The van der Waals surface area contributed by atoms with Crippen LogP contribution in [0.5, 0.6) is 0 Å². The van der Waals surface area contributed by atoms with Gasteiger partial charge in [0.15, 0.2) is 0 Å². The van der Waals surface area contributed by atoms with Gasteiger partial charge in [0.05, 0.1) is 6.04 Å². The Labute approximate surface area is 121 Å². The summed E-state index contributed by atoms with van der Waals surface area (Å²) in [5, 5.41) is 6.17. The first-order valence-electron chi connectivity index (χ1n) is 6.16. The Balaban J connectivity index is 2.36. The van der Waals surface area contributed by atoms with E-state index >= 15 is 0 Å². The van der Waals surface area contributed by atoms with Crippen molar-refractivity contribution < 1.29 is 4.79 Å². The Morgan fingerprint density at radius 1 is 1.44 bits per heavy atom. The van der Waals surface area contributed by atoms with E-state index in [4.69, 9.17) is 0 Å². The van der Waals surface area contributed by atoms with Gasteiger partial charge in [-0.2, -0.15) is 0 Å². The minimum atomic E-state index is -0.162. The third kappa shape index (κ3) is 5.08. The lowest BCUT2D eigenvalue weighted by atomic mass is 10.2. The molecule has 1 rings (SSSR count). The first kappa shape index (κ1) is 15.7. The molecule has 102 valence electrons. The lowest BCUT2D eigenvalue weighted by Crippen LogP contribution is -2.42. The molecule has 1 unspecified atom stereocenters. The van der Waals surface area contributed by atoms with Crippen molar-refractivity contribution in [2.24, 2.45) is 5.92 Å². The number of halogens is 1. The smallest absolute Gasteiger partial charge is 0.236 e.